The summed E-state index contributed by atoms with van der Waals surface area (Å²) < 4.78 is 5.21. The second-order valence-corrected chi connectivity index (χ2v) is 10.3. The summed E-state index contributed by atoms with van der Waals surface area (Å²) in [6.07, 6.45) is 8.35. The molecule has 5 rings (SSSR count). The first-order valence-corrected chi connectivity index (χ1v) is 14.4. The first-order valence-electron chi connectivity index (χ1n) is 14.4. The van der Waals surface area contributed by atoms with Crippen molar-refractivity contribution in [3.63, 3.8) is 0 Å². The molecule has 3 heterocycles. The Hall–Kier alpha value is -5.77. The number of methoxy groups -OCH3 is 1. The van der Waals surface area contributed by atoms with E-state index >= 15 is 0 Å². The number of anilines is 1. The van der Waals surface area contributed by atoms with Crippen LogP contribution >= 0.6 is 0 Å². The topological polar surface area (TPSA) is 181 Å². The number of ether oxygens (including phenoxy) is 1. The van der Waals surface area contributed by atoms with Gasteiger partial charge in [0, 0.05) is 55.3 Å². The molecule has 0 saturated carbocycles. The second-order valence-electron chi connectivity index (χ2n) is 10.3. The Kier molecular flexibility index (Phi) is 11.8. The number of aromatic nitrogens is 2. The van der Waals surface area contributed by atoms with Crippen molar-refractivity contribution in [2.24, 2.45) is 0 Å². The van der Waals surface area contributed by atoms with Crippen LogP contribution in [-0.2, 0) is 16.1 Å². The molecule has 1 saturated heterocycles. The first kappa shape index (κ1) is 33.1. The number of carboxylic acid groups (broad SMARTS) is 1. The summed E-state index contributed by atoms with van der Waals surface area (Å²) in [4.78, 5) is 30.9. The fourth-order valence-corrected chi connectivity index (χ4v) is 5.09. The Bertz CT molecular complexity index is 1700. The summed E-state index contributed by atoms with van der Waals surface area (Å²) in [7, 11) is 1.51. The zero-order valence-electron chi connectivity index (χ0n) is 25.1. The third-order valence-electron chi connectivity index (χ3n) is 7.50. The number of hydrogen-bond donors (Lipinski definition) is 5. The largest absolute Gasteiger partial charge is 0.504 e. The van der Waals surface area contributed by atoms with Crippen molar-refractivity contribution in [1.82, 2.24) is 20.8 Å². The number of nitrogens with one attached hydrogen (secondary N) is 2. The molecule has 1 amide bonds. The van der Waals surface area contributed by atoms with Crippen LogP contribution in [0.25, 0.3) is 28.3 Å². The Morgan fingerprint density at radius 3 is 2.37 bits per heavy atom. The summed E-state index contributed by atoms with van der Waals surface area (Å²) in [5.74, 6) is 0.730. The fourth-order valence-electron chi connectivity index (χ4n) is 5.09. The zero-order valence-corrected chi connectivity index (χ0v) is 25.1. The number of piperidine rings is 1. The Balaban J connectivity index is 0.00000154. The molecule has 1 aliphatic heterocycles. The fraction of sp³-hybridized carbons (Fsp3) is 0.206. The van der Waals surface area contributed by atoms with Crippen LogP contribution in [0.4, 0.5) is 5.82 Å². The summed E-state index contributed by atoms with van der Waals surface area (Å²) in [5.41, 5.74) is 7.32. The van der Waals surface area contributed by atoms with Gasteiger partial charge in [-0.05, 0) is 71.5 Å². The van der Waals surface area contributed by atoms with Crippen molar-refractivity contribution >= 4 is 24.3 Å². The van der Waals surface area contributed by atoms with Crippen LogP contribution < -0.4 is 20.4 Å². The maximum atomic E-state index is 11.2. The van der Waals surface area contributed by atoms with Gasteiger partial charge in [0.1, 0.15) is 17.6 Å². The predicted molar refractivity (Wildman–Crippen MR) is 172 cm³/mol. The highest BCUT2D eigenvalue weighted by Crippen LogP contribution is 2.38. The van der Waals surface area contributed by atoms with Gasteiger partial charge in [-0.3, -0.25) is 14.8 Å². The SMILES string of the molecule is COc1ccc(-c2cnc(N3CCC(NCc4ccc(/C=C/C(=O)NO)cc4)CC3)cc2-c2ccc(C#N)nc2)cc1O.O=CO. The van der Waals surface area contributed by atoms with Gasteiger partial charge in [-0.15, -0.1) is 0 Å². The molecule has 2 aromatic carbocycles. The van der Waals surface area contributed by atoms with E-state index in [1.807, 2.05) is 48.7 Å². The Labute approximate surface area is 266 Å². The van der Waals surface area contributed by atoms with E-state index in [0.29, 0.717) is 17.5 Å². The number of benzene rings is 2. The van der Waals surface area contributed by atoms with E-state index in [-0.39, 0.29) is 12.2 Å². The molecule has 0 aliphatic carbocycles. The van der Waals surface area contributed by atoms with Crippen LogP contribution in [-0.4, -0.2) is 64.0 Å². The Morgan fingerprint density at radius 1 is 1.04 bits per heavy atom. The summed E-state index contributed by atoms with van der Waals surface area (Å²) in [6.45, 7) is 2.17. The van der Waals surface area contributed by atoms with Crippen LogP contribution in [0.3, 0.4) is 0 Å². The maximum Gasteiger partial charge on any atom is 0.290 e. The van der Waals surface area contributed by atoms with Crippen LogP contribution in [0.2, 0.25) is 0 Å². The number of pyridine rings is 2. The van der Waals surface area contributed by atoms with E-state index in [1.54, 1.807) is 36.0 Å². The van der Waals surface area contributed by atoms with Gasteiger partial charge in [0.25, 0.3) is 12.4 Å². The Morgan fingerprint density at radius 2 is 1.76 bits per heavy atom. The third-order valence-corrected chi connectivity index (χ3v) is 7.50. The van der Waals surface area contributed by atoms with Crippen LogP contribution in [0.15, 0.2) is 79.1 Å². The molecule has 0 unspecified atom stereocenters. The predicted octanol–water partition coefficient (Wildman–Crippen LogP) is 4.37. The van der Waals surface area contributed by atoms with E-state index in [4.69, 9.17) is 24.8 Å². The van der Waals surface area contributed by atoms with Crippen LogP contribution in [0.1, 0.15) is 29.7 Å². The van der Waals surface area contributed by atoms with E-state index in [9.17, 15) is 15.2 Å². The highest BCUT2D eigenvalue weighted by atomic mass is 16.5. The minimum absolute atomic E-state index is 0.0439. The van der Waals surface area contributed by atoms with E-state index < -0.39 is 5.91 Å². The number of carbonyl (C=O) groups is 2. The van der Waals surface area contributed by atoms with Gasteiger partial charge in [0.15, 0.2) is 11.5 Å². The minimum Gasteiger partial charge on any atom is -0.504 e. The molecule has 0 spiro atoms. The lowest BCUT2D eigenvalue weighted by Gasteiger charge is -2.33. The van der Waals surface area contributed by atoms with Crippen molar-refractivity contribution in [3.8, 4) is 39.8 Å². The molecule has 0 radical (unpaired) electrons. The van der Waals surface area contributed by atoms with E-state index in [1.165, 1.54) is 13.2 Å². The number of hydroxylamine groups is 1. The number of nitrogens with zero attached hydrogens (tertiary/aromatic N) is 4. The van der Waals surface area contributed by atoms with Gasteiger partial charge in [-0.1, -0.05) is 30.3 Å². The van der Waals surface area contributed by atoms with Gasteiger partial charge in [-0.25, -0.2) is 15.4 Å². The molecule has 12 heteroatoms. The number of phenolic OH excluding ortho intramolecular Hbond substituents is 1. The highest BCUT2D eigenvalue weighted by Gasteiger charge is 2.21. The van der Waals surface area contributed by atoms with Crippen molar-refractivity contribution in [3.05, 3.63) is 96.0 Å². The van der Waals surface area contributed by atoms with E-state index in [2.05, 4.69) is 21.3 Å². The molecule has 5 N–H and O–H groups in total. The van der Waals surface area contributed by atoms with Crippen LogP contribution in [0, 0.1) is 11.3 Å². The summed E-state index contributed by atoms with van der Waals surface area (Å²) >= 11 is 0. The third kappa shape index (κ3) is 8.66. The number of phenols is 1. The quantitative estimate of drug-likeness (QED) is 0.0774. The molecular formula is C34H34N6O6. The van der Waals surface area contributed by atoms with Crippen LogP contribution in [0.5, 0.6) is 11.5 Å². The lowest BCUT2D eigenvalue weighted by atomic mass is 9.96. The highest BCUT2D eigenvalue weighted by molar-refractivity contribution is 5.90. The van der Waals surface area contributed by atoms with Crippen molar-refractivity contribution < 1.29 is 29.7 Å². The molecule has 1 aliphatic rings. The average Bonchev–Trinajstić information content (AvgIpc) is 3.10. The smallest absolute Gasteiger partial charge is 0.290 e. The molecule has 0 atom stereocenters. The number of nitriles is 1. The normalized spacial score (nSPS) is 12.9. The molecule has 1 fully saturated rings. The number of aromatic hydroxyl groups is 1. The number of carbonyl (C=O) groups excluding carboxylic acids is 1. The first-order chi connectivity index (χ1) is 22.4. The molecule has 12 nitrogen and oxygen atoms in total. The molecular weight excluding hydrogens is 588 g/mol. The van der Waals surface area contributed by atoms with Gasteiger partial charge in [0.2, 0.25) is 0 Å². The molecule has 4 aromatic rings. The average molecular weight is 623 g/mol. The monoisotopic (exact) mass is 622 g/mol. The van der Waals surface area contributed by atoms with Crippen molar-refractivity contribution in [2.45, 2.75) is 25.4 Å². The molecule has 2 aromatic heterocycles. The molecule has 236 valence electrons. The van der Waals surface area contributed by atoms with Gasteiger partial charge < -0.3 is 25.2 Å². The zero-order chi connectivity index (χ0) is 32.9. The standard InChI is InChI=1S/C33H32N6O4.CH2O2/c1-43-31-10-8-24(16-30(31)40)29-21-37-32(17-28(29)25-7-9-27(18-34)36-20-25)39-14-12-26(13-15-39)35-19-23-4-2-22(3-5-23)6-11-33(41)38-42;2-1-3/h2-11,16-17,20-21,26,35,40,42H,12-15,19H2,1H3,(H,38,41);1H,(H,2,3)/b11-6+;. The minimum atomic E-state index is -0.566. The van der Waals surface area contributed by atoms with Crippen molar-refractivity contribution in [2.75, 3.05) is 25.1 Å². The summed E-state index contributed by atoms with van der Waals surface area (Å²) in [6, 6.07) is 21.2. The number of amides is 1. The number of rotatable bonds is 9. The van der Waals surface area contributed by atoms with Gasteiger partial charge in [-0.2, -0.15) is 5.26 Å². The lowest BCUT2D eigenvalue weighted by molar-refractivity contribution is -0.124. The van der Waals surface area contributed by atoms with Gasteiger partial charge in [0.05, 0.1) is 7.11 Å². The van der Waals surface area contributed by atoms with Gasteiger partial charge >= 0.3 is 0 Å². The molecule has 0 bridgehead atoms. The van der Waals surface area contributed by atoms with E-state index in [0.717, 1.165) is 71.7 Å². The lowest BCUT2D eigenvalue weighted by Crippen LogP contribution is -2.42. The van der Waals surface area contributed by atoms with Crippen molar-refractivity contribution in [1.29, 1.82) is 5.26 Å². The maximum absolute atomic E-state index is 11.2. The molecule has 46 heavy (non-hydrogen) atoms. The second kappa shape index (κ2) is 16.3. The summed E-state index contributed by atoms with van der Waals surface area (Å²) in [5, 5.41) is 38.8. The number of hydrogen-bond acceptors (Lipinski definition) is 10.